The third-order valence-corrected chi connectivity index (χ3v) is 7.82. The molecule has 0 saturated carbocycles. The van der Waals surface area contributed by atoms with Crippen molar-refractivity contribution in [2.75, 3.05) is 18.2 Å². The maximum absolute atomic E-state index is 12.0. The number of rotatable bonds is 24. The lowest BCUT2D eigenvalue weighted by Crippen LogP contribution is -2.29. The van der Waals surface area contributed by atoms with Crippen molar-refractivity contribution in [2.45, 2.75) is 110 Å². The second-order valence-electron chi connectivity index (χ2n) is 10.3. The van der Waals surface area contributed by atoms with Gasteiger partial charge in [0.2, 0.25) is 5.91 Å². The summed E-state index contributed by atoms with van der Waals surface area (Å²) < 4.78 is 11.3. The summed E-state index contributed by atoms with van der Waals surface area (Å²) in [6.07, 6.45) is 22.1. The van der Waals surface area contributed by atoms with E-state index in [0.717, 1.165) is 5.75 Å². The molecule has 0 saturated heterocycles. The summed E-state index contributed by atoms with van der Waals surface area (Å²) in [5.74, 6) is 3.69. The number of ether oxygens (including phenoxy) is 2. The van der Waals surface area contributed by atoms with Gasteiger partial charge in [0.15, 0.2) is 6.73 Å². The van der Waals surface area contributed by atoms with Crippen LogP contribution in [0.3, 0.4) is 0 Å². The van der Waals surface area contributed by atoms with Gasteiger partial charge in [-0.25, -0.2) is 0 Å². The molecule has 1 amide bonds. The normalized spacial score (nSPS) is 10.9. The van der Waals surface area contributed by atoms with Crippen LogP contribution in [-0.2, 0) is 4.79 Å². The van der Waals surface area contributed by atoms with Crippen LogP contribution in [0.4, 0.5) is 0 Å². The van der Waals surface area contributed by atoms with E-state index in [1.807, 2.05) is 0 Å². The molecule has 6 heteroatoms. The minimum Gasteiger partial charge on any atom is -0.508 e. The van der Waals surface area contributed by atoms with Crippen molar-refractivity contribution >= 4 is 17.7 Å². The summed E-state index contributed by atoms with van der Waals surface area (Å²) in [5.41, 5.74) is 0. The number of hydrogen-bond donors (Lipinski definition) is 2. The van der Waals surface area contributed by atoms with Gasteiger partial charge in [-0.2, -0.15) is 11.8 Å². The molecule has 0 fully saturated rings. The highest BCUT2D eigenvalue weighted by Crippen LogP contribution is 2.25. The fourth-order valence-corrected chi connectivity index (χ4v) is 5.26. The Morgan fingerprint density at radius 3 is 1.62 bits per heavy atom. The highest BCUT2D eigenvalue weighted by atomic mass is 32.2. The summed E-state index contributed by atoms with van der Waals surface area (Å²) in [5, 5.41) is 12.1. The van der Waals surface area contributed by atoms with Crippen LogP contribution >= 0.6 is 11.8 Å². The number of hydrogen-bond acceptors (Lipinski definition) is 5. The van der Waals surface area contributed by atoms with Gasteiger partial charge in [-0.1, -0.05) is 103 Å². The molecule has 0 atom stereocenters. The van der Waals surface area contributed by atoms with Crippen molar-refractivity contribution in [1.29, 1.82) is 0 Å². The Bertz CT molecular complexity index is 857. The molecule has 0 heterocycles. The number of thioether (sulfide) groups is 1. The Kier molecular flexibility index (Phi) is 18.9. The number of phenols is 1. The first-order valence-corrected chi connectivity index (χ1v) is 16.4. The number of amides is 1. The van der Waals surface area contributed by atoms with E-state index >= 15 is 0 Å². The first kappa shape index (κ1) is 32.9. The van der Waals surface area contributed by atoms with Crippen molar-refractivity contribution in [1.82, 2.24) is 5.32 Å². The minimum atomic E-state index is 0.00350. The zero-order valence-corrected chi connectivity index (χ0v) is 25.0. The van der Waals surface area contributed by atoms with Gasteiger partial charge in [0, 0.05) is 0 Å². The van der Waals surface area contributed by atoms with E-state index in [0.29, 0.717) is 23.0 Å². The summed E-state index contributed by atoms with van der Waals surface area (Å²) >= 11 is 1.70. The summed E-state index contributed by atoms with van der Waals surface area (Å²) in [4.78, 5) is 12.0. The summed E-state index contributed by atoms with van der Waals surface area (Å²) in [6.45, 7) is 2.43. The molecule has 2 aromatic carbocycles. The average molecular weight is 558 g/mol. The highest BCUT2D eigenvalue weighted by molar-refractivity contribution is 7.99. The molecule has 5 nitrogen and oxygen atoms in total. The average Bonchev–Trinajstić information content (AvgIpc) is 2.94. The topological polar surface area (TPSA) is 67.8 Å². The third kappa shape index (κ3) is 17.8. The Morgan fingerprint density at radius 1 is 0.667 bits per heavy atom. The third-order valence-electron chi connectivity index (χ3n) is 6.78. The standard InChI is InChI=1S/C33H51NO4S/c1-2-3-4-5-6-7-8-9-10-11-12-13-14-15-16-17-26-39-27-33(36)34-28-37-30-22-24-32(25-23-30)38-31-20-18-29(35)19-21-31/h18-25,35H,2-17,26-28H2,1H3,(H,34,36). The molecule has 39 heavy (non-hydrogen) atoms. The van der Waals surface area contributed by atoms with Gasteiger partial charge in [-0.3, -0.25) is 4.79 Å². The van der Waals surface area contributed by atoms with Gasteiger partial charge < -0.3 is 19.9 Å². The molecular formula is C33H51NO4S. The SMILES string of the molecule is CCCCCCCCCCCCCCCCCCSCC(=O)NCOc1ccc(Oc2ccc(O)cc2)cc1. The van der Waals surface area contributed by atoms with Crippen LogP contribution in [-0.4, -0.2) is 29.3 Å². The minimum absolute atomic E-state index is 0.00350. The molecule has 2 aromatic rings. The molecule has 2 rings (SSSR count). The summed E-state index contributed by atoms with van der Waals surface area (Å²) in [7, 11) is 0. The highest BCUT2D eigenvalue weighted by Gasteiger charge is 2.03. The van der Waals surface area contributed by atoms with Gasteiger partial charge in [-0.05, 0) is 60.7 Å². The molecule has 218 valence electrons. The molecular weight excluding hydrogens is 506 g/mol. The van der Waals surface area contributed by atoms with E-state index in [4.69, 9.17) is 9.47 Å². The molecule has 0 unspecified atom stereocenters. The zero-order chi connectivity index (χ0) is 27.8. The first-order valence-electron chi connectivity index (χ1n) is 15.2. The van der Waals surface area contributed by atoms with Gasteiger partial charge in [0.25, 0.3) is 0 Å². The predicted molar refractivity (Wildman–Crippen MR) is 165 cm³/mol. The Hall–Kier alpha value is -2.34. The molecule has 0 aliphatic rings. The number of aromatic hydroxyl groups is 1. The Balaban J connectivity index is 1.34. The van der Waals surface area contributed by atoms with E-state index < -0.39 is 0 Å². The zero-order valence-electron chi connectivity index (χ0n) is 24.1. The van der Waals surface area contributed by atoms with Crippen LogP contribution in [0.15, 0.2) is 48.5 Å². The van der Waals surface area contributed by atoms with E-state index in [1.54, 1.807) is 60.3 Å². The van der Waals surface area contributed by atoms with Gasteiger partial charge in [0.1, 0.15) is 23.0 Å². The van der Waals surface area contributed by atoms with Crippen LogP contribution in [0, 0.1) is 0 Å². The van der Waals surface area contributed by atoms with Crippen molar-refractivity contribution in [3.8, 4) is 23.0 Å². The number of unbranched alkanes of at least 4 members (excludes halogenated alkanes) is 15. The molecule has 0 aromatic heterocycles. The lowest BCUT2D eigenvalue weighted by atomic mass is 10.0. The van der Waals surface area contributed by atoms with Crippen LogP contribution < -0.4 is 14.8 Å². The molecule has 0 aliphatic carbocycles. The van der Waals surface area contributed by atoms with E-state index in [2.05, 4.69) is 12.2 Å². The van der Waals surface area contributed by atoms with Crippen molar-refractivity contribution in [3.63, 3.8) is 0 Å². The number of benzene rings is 2. The largest absolute Gasteiger partial charge is 0.508 e. The lowest BCUT2D eigenvalue weighted by molar-refractivity contribution is -0.119. The van der Waals surface area contributed by atoms with E-state index in [9.17, 15) is 9.90 Å². The molecule has 0 spiro atoms. The van der Waals surface area contributed by atoms with Gasteiger partial charge in [0.05, 0.1) is 5.75 Å². The first-order chi connectivity index (χ1) is 19.2. The second kappa shape index (κ2) is 22.5. The fraction of sp³-hybridized carbons (Fsp3) is 0.606. The smallest absolute Gasteiger partial charge is 0.232 e. The number of nitrogens with one attached hydrogen (secondary N) is 1. The number of carbonyl (C=O) groups is 1. The van der Waals surface area contributed by atoms with Gasteiger partial charge >= 0.3 is 0 Å². The molecule has 0 bridgehead atoms. The maximum atomic E-state index is 12.0. The fourth-order valence-electron chi connectivity index (χ4n) is 4.42. The van der Waals surface area contributed by atoms with Gasteiger partial charge in [-0.15, -0.1) is 0 Å². The van der Waals surface area contributed by atoms with Crippen LogP contribution in [0.25, 0.3) is 0 Å². The summed E-state index contributed by atoms with van der Waals surface area (Å²) in [6, 6.07) is 13.8. The quantitative estimate of drug-likeness (QED) is 0.0993. The number of carbonyl (C=O) groups excluding carboxylic acids is 1. The predicted octanol–water partition coefficient (Wildman–Crippen LogP) is 9.63. The number of phenolic OH excluding ortho intramolecular Hbond substituents is 1. The molecule has 2 N–H and O–H groups in total. The maximum Gasteiger partial charge on any atom is 0.232 e. The van der Waals surface area contributed by atoms with Crippen molar-refractivity contribution in [2.24, 2.45) is 0 Å². The van der Waals surface area contributed by atoms with Crippen molar-refractivity contribution < 1.29 is 19.4 Å². The molecule has 0 radical (unpaired) electrons. The molecule has 0 aliphatic heterocycles. The Morgan fingerprint density at radius 2 is 1.10 bits per heavy atom. The monoisotopic (exact) mass is 557 g/mol. The van der Waals surface area contributed by atoms with Crippen LogP contribution in [0.1, 0.15) is 110 Å². The van der Waals surface area contributed by atoms with Crippen LogP contribution in [0.2, 0.25) is 0 Å². The van der Waals surface area contributed by atoms with E-state index in [-0.39, 0.29) is 18.4 Å². The Labute approximate surface area is 241 Å². The van der Waals surface area contributed by atoms with Crippen LogP contribution in [0.5, 0.6) is 23.0 Å². The van der Waals surface area contributed by atoms with Crippen molar-refractivity contribution in [3.05, 3.63) is 48.5 Å². The van der Waals surface area contributed by atoms with E-state index in [1.165, 1.54) is 103 Å². The second-order valence-corrected chi connectivity index (χ2v) is 11.4. The lowest BCUT2D eigenvalue weighted by Gasteiger charge is -2.09.